The van der Waals surface area contributed by atoms with Crippen LogP contribution in [0.3, 0.4) is 0 Å². The molecular weight excluding hydrogens is 456 g/mol. The van der Waals surface area contributed by atoms with E-state index >= 15 is 0 Å². The fraction of sp³-hybridized carbons (Fsp3) is 0.192. The lowest BCUT2D eigenvalue weighted by Crippen LogP contribution is -2.18. The maximum absolute atomic E-state index is 4.90. The smallest absolute Gasteiger partial charge is 0.159 e. The minimum Gasteiger partial charge on any atom is -0.336 e. The largest absolute Gasteiger partial charge is 0.336 e. The van der Waals surface area contributed by atoms with E-state index in [0.29, 0.717) is 5.82 Å². The summed E-state index contributed by atoms with van der Waals surface area (Å²) in [6.07, 6.45) is 10.0. The molecule has 35 heavy (non-hydrogen) atoms. The molecular formula is C26H22N8S. The minimum atomic E-state index is 0.704. The van der Waals surface area contributed by atoms with Crippen LogP contribution >= 0.6 is 11.3 Å². The summed E-state index contributed by atoms with van der Waals surface area (Å²) in [5.41, 5.74) is 7.36. The number of aromatic amines is 2. The molecule has 0 amide bonds. The first-order valence-corrected chi connectivity index (χ1v) is 12.6. The number of nitrogens with zero attached hydrogens (tertiary/aromatic N) is 6. The van der Waals surface area contributed by atoms with Crippen molar-refractivity contribution in [2.75, 3.05) is 13.1 Å². The molecule has 7 rings (SSSR count). The van der Waals surface area contributed by atoms with Crippen molar-refractivity contribution in [3.05, 3.63) is 66.1 Å². The van der Waals surface area contributed by atoms with Crippen LogP contribution in [0, 0.1) is 0 Å². The van der Waals surface area contributed by atoms with Gasteiger partial charge in [0.05, 0.1) is 27.8 Å². The highest BCUT2D eigenvalue weighted by molar-refractivity contribution is 7.13. The molecule has 1 fully saturated rings. The van der Waals surface area contributed by atoms with E-state index in [2.05, 4.69) is 53.2 Å². The Balaban J connectivity index is 1.28. The average Bonchev–Trinajstić information content (AvgIpc) is 3.70. The van der Waals surface area contributed by atoms with Gasteiger partial charge in [0.1, 0.15) is 16.9 Å². The molecule has 1 saturated heterocycles. The lowest BCUT2D eigenvalue weighted by atomic mass is 10.1. The summed E-state index contributed by atoms with van der Waals surface area (Å²) in [4.78, 5) is 25.7. The van der Waals surface area contributed by atoms with Crippen molar-refractivity contribution in [2.24, 2.45) is 0 Å². The summed E-state index contributed by atoms with van der Waals surface area (Å²) in [5, 5.41) is 10.7. The normalized spacial score (nSPS) is 14.4. The van der Waals surface area contributed by atoms with Crippen LogP contribution in [-0.4, -0.2) is 53.1 Å². The van der Waals surface area contributed by atoms with E-state index in [0.717, 1.165) is 69.1 Å². The van der Waals surface area contributed by atoms with Crippen LogP contribution in [0.4, 0.5) is 0 Å². The number of pyridine rings is 3. The fourth-order valence-electron chi connectivity index (χ4n) is 4.81. The Morgan fingerprint density at radius 2 is 1.91 bits per heavy atom. The summed E-state index contributed by atoms with van der Waals surface area (Å²) >= 11 is 1.66. The molecule has 0 aromatic carbocycles. The zero-order valence-corrected chi connectivity index (χ0v) is 19.7. The zero-order chi connectivity index (χ0) is 23.2. The second-order valence-electron chi connectivity index (χ2n) is 8.87. The average molecular weight is 479 g/mol. The second-order valence-corrected chi connectivity index (χ2v) is 9.82. The molecule has 0 saturated carbocycles. The highest BCUT2D eigenvalue weighted by Gasteiger charge is 2.18. The molecule has 8 nitrogen and oxygen atoms in total. The van der Waals surface area contributed by atoms with Crippen molar-refractivity contribution in [3.63, 3.8) is 0 Å². The van der Waals surface area contributed by atoms with Crippen LogP contribution in [0.15, 0.2) is 60.5 Å². The standard InChI is InChI=1S/C26H22N8S/c1-2-8-34(7-1)15-16-10-17(13-27-12-16)20-11-18-21(14-29-20)32-33-23(18)26-30-19-5-6-28-25(24(19)31-26)22-4-3-9-35-22/h3-6,9-14H,1-2,7-8,15H2,(H,30,31)(H,32,33). The number of hydrogen-bond donors (Lipinski definition) is 2. The molecule has 0 radical (unpaired) electrons. The molecule has 7 heterocycles. The van der Waals surface area contributed by atoms with Crippen LogP contribution in [0.25, 0.3) is 55.3 Å². The maximum atomic E-state index is 4.90. The van der Waals surface area contributed by atoms with E-state index in [1.165, 1.54) is 18.4 Å². The molecule has 1 aliphatic heterocycles. The van der Waals surface area contributed by atoms with Crippen LogP contribution in [0.1, 0.15) is 18.4 Å². The van der Waals surface area contributed by atoms with Gasteiger partial charge in [-0.05, 0) is 61.1 Å². The van der Waals surface area contributed by atoms with Gasteiger partial charge in [-0.1, -0.05) is 6.07 Å². The lowest BCUT2D eigenvalue weighted by Gasteiger charge is -2.14. The van der Waals surface area contributed by atoms with Crippen LogP contribution in [-0.2, 0) is 6.54 Å². The SMILES string of the molecule is c1csc(-c2nccc3[nH]c(-c4n[nH]c5cnc(-c6cncc(CN7CCCC7)c6)cc45)nc23)c1. The van der Waals surface area contributed by atoms with Gasteiger partial charge in [0.2, 0.25) is 0 Å². The molecule has 2 N–H and O–H groups in total. The highest BCUT2D eigenvalue weighted by Crippen LogP contribution is 2.33. The fourth-order valence-corrected chi connectivity index (χ4v) is 5.53. The van der Waals surface area contributed by atoms with Crippen molar-refractivity contribution in [2.45, 2.75) is 19.4 Å². The topological polar surface area (TPSA) is 99.3 Å². The predicted octanol–water partition coefficient (Wildman–Crippen LogP) is 5.28. The molecule has 0 aliphatic carbocycles. The first-order chi connectivity index (χ1) is 17.3. The van der Waals surface area contributed by atoms with Gasteiger partial charge in [0, 0.05) is 36.1 Å². The van der Waals surface area contributed by atoms with E-state index in [9.17, 15) is 0 Å². The van der Waals surface area contributed by atoms with Crippen LogP contribution in [0.5, 0.6) is 0 Å². The third kappa shape index (κ3) is 3.69. The summed E-state index contributed by atoms with van der Waals surface area (Å²) in [6, 6.07) is 10.3. The molecule has 9 heteroatoms. The molecule has 0 spiro atoms. The van der Waals surface area contributed by atoms with Crippen LogP contribution < -0.4 is 0 Å². The van der Waals surface area contributed by atoms with Gasteiger partial charge < -0.3 is 4.98 Å². The Hall–Kier alpha value is -3.95. The van der Waals surface area contributed by atoms with Gasteiger partial charge in [-0.15, -0.1) is 11.3 Å². The van der Waals surface area contributed by atoms with E-state index in [4.69, 9.17) is 4.98 Å². The maximum Gasteiger partial charge on any atom is 0.159 e. The Morgan fingerprint density at radius 3 is 2.80 bits per heavy atom. The second kappa shape index (κ2) is 8.37. The molecule has 6 aromatic heterocycles. The van der Waals surface area contributed by atoms with Gasteiger partial charge in [-0.25, -0.2) is 4.98 Å². The number of aromatic nitrogens is 7. The lowest BCUT2D eigenvalue weighted by molar-refractivity contribution is 0.331. The van der Waals surface area contributed by atoms with Crippen molar-refractivity contribution in [3.8, 4) is 33.3 Å². The molecule has 1 aliphatic rings. The Labute approximate surface area is 205 Å². The van der Waals surface area contributed by atoms with E-state index in [-0.39, 0.29) is 0 Å². The molecule has 0 atom stereocenters. The number of thiophene rings is 1. The predicted molar refractivity (Wildman–Crippen MR) is 138 cm³/mol. The number of likely N-dealkylation sites (tertiary alicyclic amines) is 1. The first kappa shape index (κ1) is 20.4. The number of rotatable bonds is 5. The third-order valence-corrected chi connectivity index (χ3v) is 7.40. The van der Waals surface area contributed by atoms with E-state index in [1.807, 2.05) is 42.3 Å². The van der Waals surface area contributed by atoms with Gasteiger partial charge in [-0.3, -0.25) is 25.0 Å². The van der Waals surface area contributed by atoms with Gasteiger partial charge in [0.25, 0.3) is 0 Å². The highest BCUT2D eigenvalue weighted by atomic mass is 32.1. The van der Waals surface area contributed by atoms with Gasteiger partial charge in [-0.2, -0.15) is 5.10 Å². The summed E-state index contributed by atoms with van der Waals surface area (Å²) in [6.45, 7) is 3.25. The Morgan fingerprint density at radius 1 is 0.971 bits per heavy atom. The van der Waals surface area contributed by atoms with Crippen molar-refractivity contribution < 1.29 is 0 Å². The van der Waals surface area contributed by atoms with Crippen LogP contribution in [0.2, 0.25) is 0 Å². The Kier molecular flexibility index (Phi) is 4.88. The first-order valence-electron chi connectivity index (χ1n) is 11.7. The molecule has 172 valence electrons. The van der Waals surface area contributed by atoms with Gasteiger partial charge >= 0.3 is 0 Å². The Bertz CT molecular complexity index is 1640. The quantitative estimate of drug-likeness (QED) is 0.350. The van der Waals surface area contributed by atoms with Gasteiger partial charge in [0.15, 0.2) is 5.82 Å². The minimum absolute atomic E-state index is 0.704. The summed E-state index contributed by atoms with van der Waals surface area (Å²) < 4.78 is 0. The van der Waals surface area contributed by atoms with Crippen molar-refractivity contribution in [1.29, 1.82) is 0 Å². The molecule has 6 aromatic rings. The van der Waals surface area contributed by atoms with Crippen molar-refractivity contribution in [1.82, 2.24) is 40.0 Å². The zero-order valence-electron chi connectivity index (χ0n) is 18.9. The number of imidazole rings is 1. The number of nitrogens with one attached hydrogen (secondary N) is 2. The summed E-state index contributed by atoms with van der Waals surface area (Å²) in [5.74, 6) is 0.704. The number of fused-ring (bicyclic) bond motifs is 2. The number of H-pyrrole nitrogens is 2. The summed E-state index contributed by atoms with van der Waals surface area (Å²) in [7, 11) is 0. The monoisotopic (exact) mass is 478 g/mol. The molecule has 0 unspecified atom stereocenters. The van der Waals surface area contributed by atoms with E-state index in [1.54, 1.807) is 11.3 Å². The van der Waals surface area contributed by atoms with E-state index < -0.39 is 0 Å². The molecule has 0 bridgehead atoms. The number of hydrogen-bond acceptors (Lipinski definition) is 7. The third-order valence-electron chi connectivity index (χ3n) is 6.52. The van der Waals surface area contributed by atoms with Crippen molar-refractivity contribution >= 4 is 33.3 Å².